The lowest BCUT2D eigenvalue weighted by Crippen LogP contribution is -2.46. The largest absolute Gasteiger partial charge is 0.508 e. The lowest BCUT2D eigenvalue weighted by atomic mass is 10.2. The van der Waals surface area contributed by atoms with E-state index < -0.39 is 11.3 Å². The summed E-state index contributed by atoms with van der Waals surface area (Å²) < 4.78 is 1.34. The van der Waals surface area contributed by atoms with Gasteiger partial charge in [-0.25, -0.2) is 9.99 Å². The smallest absolute Gasteiger partial charge is 0.272 e. The van der Waals surface area contributed by atoms with Crippen LogP contribution in [0.15, 0.2) is 53.3 Å². The number of aromatic hydroxyl groups is 1. The Kier molecular flexibility index (Phi) is 4.98. The predicted molar refractivity (Wildman–Crippen MR) is 109 cm³/mol. The van der Waals surface area contributed by atoms with Crippen molar-refractivity contribution in [1.29, 1.82) is 0 Å². The van der Waals surface area contributed by atoms with Crippen LogP contribution in [0.2, 0.25) is 0 Å². The van der Waals surface area contributed by atoms with E-state index in [1.165, 1.54) is 27.4 Å². The molecule has 0 radical (unpaired) electrons. The van der Waals surface area contributed by atoms with E-state index in [0.717, 1.165) is 0 Å². The van der Waals surface area contributed by atoms with Gasteiger partial charge >= 0.3 is 0 Å². The van der Waals surface area contributed by atoms with Crippen LogP contribution >= 0.6 is 11.8 Å². The number of nitrogens with zero attached hydrogens (tertiary/aromatic N) is 3. The number of aromatic nitrogens is 2. The number of hydrogen-bond acceptors (Lipinski definition) is 6. The Morgan fingerprint density at radius 2 is 1.93 bits per heavy atom. The van der Waals surface area contributed by atoms with Gasteiger partial charge in [0.15, 0.2) is 0 Å². The minimum atomic E-state index is -0.541. The number of phenolic OH excluding ortho intramolecular Hbond substituents is 1. The van der Waals surface area contributed by atoms with Crippen LogP contribution in [0.5, 0.6) is 5.75 Å². The highest BCUT2D eigenvalue weighted by molar-refractivity contribution is 8.00. The summed E-state index contributed by atoms with van der Waals surface area (Å²) in [6, 6.07) is 13.7. The Morgan fingerprint density at radius 3 is 2.72 bits per heavy atom. The van der Waals surface area contributed by atoms with Crippen molar-refractivity contribution in [2.45, 2.75) is 18.8 Å². The number of para-hydroxylation sites is 3. The highest BCUT2D eigenvalue weighted by atomic mass is 32.2. The Morgan fingerprint density at radius 1 is 1.21 bits per heavy atom. The van der Waals surface area contributed by atoms with Crippen LogP contribution in [-0.4, -0.2) is 37.2 Å². The first kappa shape index (κ1) is 19.0. The van der Waals surface area contributed by atoms with Gasteiger partial charge in [-0.2, -0.15) is 0 Å². The molecule has 9 heteroatoms. The normalized spacial score (nSPS) is 16.4. The van der Waals surface area contributed by atoms with Crippen LogP contribution in [0.25, 0.3) is 11.0 Å². The summed E-state index contributed by atoms with van der Waals surface area (Å²) in [7, 11) is 0. The lowest BCUT2D eigenvalue weighted by Gasteiger charge is -2.25. The van der Waals surface area contributed by atoms with Gasteiger partial charge in [-0.05, 0) is 25.1 Å². The Balaban J connectivity index is 1.61. The fourth-order valence-corrected chi connectivity index (χ4v) is 4.40. The molecule has 1 saturated heterocycles. The van der Waals surface area contributed by atoms with Gasteiger partial charge in [-0.3, -0.25) is 24.4 Å². The average Bonchev–Trinajstić information content (AvgIpc) is 3.06. The molecule has 2 heterocycles. The van der Waals surface area contributed by atoms with Gasteiger partial charge in [0.2, 0.25) is 0 Å². The number of benzene rings is 2. The molecule has 1 atom stereocenters. The van der Waals surface area contributed by atoms with Crippen molar-refractivity contribution < 1.29 is 14.7 Å². The van der Waals surface area contributed by atoms with Crippen LogP contribution in [-0.2, 0) is 16.1 Å². The molecule has 2 N–H and O–H groups in total. The van der Waals surface area contributed by atoms with Crippen molar-refractivity contribution in [3.63, 3.8) is 0 Å². The second kappa shape index (κ2) is 7.59. The number of hydrogen-bond donors (Lipinski definition) is 2. The molecule has 29 heavy (non-hydrogen) atoms. The molecule has 2 aromatic carbocycles. The van der Waals surface area contributed by atoms with Gasteiger partial charge in [0.1, 0.15) is 23.4 Å². The predicted octanol–water partition coefficient (Wildman–Crippen LogP) is 1.72. The lowest BCUT2D eigenvalue weighted by molar-refractivity contribution is -0.139. The van der Waals surface area contributed by atoms with E-state index in [4.69, 9.17) is 0 Å². The maximum Gasteiger partial charge on any atom is 0.272 e. The van der Waals surface area contributed by atoms with Gasteiger partial charge < -0.3 is 5.11 Å². The zero-order valence-corrected chi connectivity index (χ0v) is 16.3. The van der Waals surface area contributed by atoms with E-state index >= 15 is 0 Å². The van der Waals surface area contributed by atoms with Crippen molar-refractivity contribution in [3.05, 3.63) is 70.1 Å². The number of carbonyl (C=O) groups is 2. The van der Waals surface area contributed by atoms with E-state index in [1.54, 1.807) is 49.4 Å². The molecule has 4 rings (SSSR count). The first-order chi connectivity index (χ1) is 14.0. The van der Waals surface area contributed by atoms with Gasteiger partial charge in [-0.1, -0.05) is 30.3 Å². The van der Waals surface area contributed by atoms with Crippen LogP contribution in [0, 0.1) is 6.92 Å². The minimum Gasteiger partial charge on any atom is -0.508 e. The highest BCUT2D eigenvalue weighted by Gasteiger charge is 2.35. The number of rotatable bonds is 4. The zero-order valence-electron chi connectivity index (χ0n) is 15.5. The molecular formula is C20H18N4O4S. The van der Waals surface area contributed by atoms with E-state index in [-0.39, 0.29) is 35.2 Å². The Hall–Kier alpha value is -3.33. The van der Waals surface area contributed by atoms with Crippen molar-refractivity contribution in [3.8, 4) is 5.75 Å². The summed E-state index contributed by atoms with van der Waals surface area (Å²) in [4.78, 5) is 41.9. The van der Waals surface area contributed by atoms with Crippen LogP contribution in [0.4, 0.5) is 0 Å². The number of amides is 2. The zero-order chi connectivity index (χ0) is 20.5. The molecule has 2 amide bonds. The first-order valence-corrected chi connectivity index (χ1v) is 9.98. The second-order valence-electron chi connectivity index (χ2n) is 6.60. The molecule has 0 saturated carbocycles. The monoisotopic (exact) mass is 410 g/mol. The van der Waals surface area contributed by atoms with Crippen LogP contribution in [0.3, 0.4) is 0 Å². The summed E-state index contributed by atoms with van der Waals surface area (Å²) in [5.41, 5.74) is 4.20. The number of thioether (sulfide) groups is 1. The molecular weight excluding hydrogens is 392 g/mol. The maximum atomic E-state index is 12.7. The molecule has 0 bridgehead atoms. The topological polar surface area (TPSA) is 105 Å². The Labute approximate surface area is 170 Å². The second-order valence-corrected chi connectivity index (χ2v) is 7.67. The first-order valence-electron chi connectivity index (χ1n) is 8.93. The third kappa shape index (κ3) is 3.56. The third-order valence-corrected chi connectivity index (χ3v) is 5.83. The van der Waals surface area contributed by atoms with Crippen LogP contribution < -0.4 is 11.0 Å². The number of nitrogens with one attached hydrogen (secondary N) is 1. The standard InChI is InChI=1S/C20H18N4O4S/c1-12-19(28)23(15-8-4-3-7-14(15)21-12)10-17(26)22-24-18(27)11-29-20(24)13-6-2-5-9-16(13)25/h2-9,20,25H,10-11H2,1H3,(H,22,26). The van der Waals surface area contributed by atoms with Gasteiger partial charge in [0.25, 0.3) is 17.4 Å². The molecule has 8 nitrogen and oxygen atoms in total. The number of aryl methyl sites for hydroxylation is 1. The summed E-state index contributed by atoms with van der Waals surface area (Å²) in [6.45, 7) is 1.34. The molecule has 3 aromatic rings. The summed E-state index contributed by atoms with van der Waals surface area (Å²) in [6.07, 6.45) is 0. The van der Waals surface area contributed by atoms with Crippen molar-refractivity contribution in [1.82, 2.24) is 20.0 Å². The molecule has 1 fully saturated rings. The molecule has 1 aromatic heterocycles. The van der Waals surface area contributed by atoms with E-state index in [1.807, 2.05) is 0 Å². The molecule has 148 valence electrons. The third-order valence-electron chi connectivity index (χ3n) is 4.63. The van der Waals surface area contributed by atoms with E-state index in [2.05, 4.69) is 10.4 Å². The number of hydrazine groups is 1. The summed E-state index contributed by atoms with van der Waals surface area (Å²) in [5.74, 6) is -0.568. The van der Waals surface area contributed by atoms with Crippen molar-refractivity contribution in [2.75, 3.05) is 5.75 Å². The van der Waals surface area contributed by atoms with Gasteiger partial charge in [-0.15, -0.1) is 11.8 Å². The van der Waals surface area contributed by atoms with Crippen molar-refractivity contribution >= 4 is 34.6 Å². The quantitative estimate of drug-likeness (QED) is 0.679. The fourth-order valence-electron chi connectivity index (χ4n) is 3.26. The van der Waals surface area contributed by atoms with E-state index in [0.29, 0.717) is 16.6 Å². The average molecular weight is 410 g/mol. The molecule has 0 aliphatic carbocycles. The number of phenols is 1. The molecule has 1 unspecified atom stereocenters. The summed E-state index contributed by atoms with van der Waals surface area (Å²) in [5, 5.41) is 10.8. The van der Waals surface area contributed by atoms with Gasteiger partial charge in [0, 0.05) is 5.56 Å². The molecule has 0 spiro atoms. The minimum absolute atomic E-state index is 0.0471. The summed E-state index contributed by atoms with van der Waals surface area (Å²) >= 11 is 1.31. The Bertz CT molecular complexity index is 1180. The molecule has 1 aliphatic heterocycles. The van der Waals surface area contributed by atoms with E-state index in [9.17, 15) is 19.5 Å². The fraction of sp³-hybridized carbons (Fsp3) is 0.200. The van der Waals surface area contributed by atoms with Crippen molar-refractivity contribution in [2.24, 2.45) is 0 Å². The van der Waals surface area contributed by atoms with Crippen LogP contribution in [0.1, 0.15) is 16.6 Å². The highest BCUT2D eigenvalue weighted by Crippen LogP contribution is 2.40. The number of fused-ring (bicyclic) bond motifs is 1. The van der Waals surface area contributed by atoms with Gasteiger partial charge in [0.05, 0.1) is 16.8 Å². The SMILES string of the molecule is Cc1nc2ccccc2n(CC(=O)NN2C(=O)CSC2c2ccccc2O)c1=O. The number of carbonyl (C=O) groups excluding carboxylic acids is 2. The molecule has 1 aliphatic rings. The maximum absolute atomic E-state index is 12.7.